The molecule has 0 aliphatic rings. The van der Waals surface area contributed by atoms with Gasteiger partial charge >= 0.3 is 0 Å². The minimum absolute atomic E-state index is 0.0117. The van der Waals surface area contributed by atoms with Crippen LogP contribution in [0.2, 0.25) is 0 Å². The SMILES string of the molecule is CCN[C@@H](C)Cc1cc(F)c2occ(F)c2c1. The lowest BCUT2D eigenvalue weighted by atomic mass is 10.0. The topological polar surface area (TPSA) is 25.2 Å². The van der Waals surface area contributed by atoms with E-state index < -0.39 is 11.6 Å². The van der Waals surface area contributed by atoms with Gasteiger partial charge in [0, 0.05) is 6.04 Å². The molecule has 2 nitrogen and oxygen atoms in total. The zero-order valence-electron chi connectivity index (χ0n) is 9.89. The summed E-state index contributed by atoms with van der Waals surface area (Å²) in [6.07, 6.45) is 1.59. The minimum Gasteiger partial charge on any atom is -0.458 e. The molecule has 0 spiro atoms. The largest absolute Gasteiger partial charge is 0.458 e. The number of halogens is 2. The van der Waals surface area contributed by atoms with Crippen molar-refractivity contribution in [2.45, 2.75) is 26.3 Å². The predicted molar refractivity (Wildman–Crippen MR) is 63.0 cm³/mol. The Morgan fingerprint density at radius 2 is 2.06 bits per heavy atom. The highest BCUT2D eigenvalue weighted by atomic mass is 19.1. The fourth-order valence-corrected chi connectivity index (χ4v) is 2.01. The third-order valence-corrected chi connectivity index (χ3v) is 2.74. The van der Waals surface area contributed by atoms with Crippen LogP contribution < -0.4 is 5.32 Å². The van der Waals surface area contributed by atoms with Gasteiger partial charge in [-0.05, 0) is 37.6 Å². The molecule has 1 N–H and O–H groups in total. The number of likely N-dealkylation sites (N-methyl/N-ethyl adjacent to an activating group) is 1. The molecular formula is C13H15F2NO. The van der Waals surface area contributed by atoms with Gasteiger partial charge in [0.1, 0.15) is 6.26 Å². The molecule has 1 aromatic carbocycles. The van der Waals surface area contributed by atoms with E-state index in [-0.39, 0.29) is 17.0 Å². The van der Waals surface area contributed by atoms with Crippen LogP contribution in [0.5, 0.6) is 0 Å². The van der Waals surface area contributed by atoms with Crippen molar-refractivity contribution in [2.75, 3.05) is 6.54 Å². The summed E-state index contributed by atoms with van der Waals surface area (Å²) in [6.45, 7) is 4.87. The number of hydrogen-bond acceptors (Lipinski definition) is 2. The quantitative estimate of drug-likeness (QED) is 0.886. The maximum absolute atomic E-state index is 13.6. The molecule has 4 heteroatoms. The van der Waals surface area contributed by atoms with Crippen LogP contribution in [0.4, 0.5) is 8.78 Å². The molecule has 0 unspecified atom stereocenters. The van der Waals surface area contributed by atoms with E-state index in [1.165, 1.54) is 6.07 Å². The van der Waals surface area contributed by atoms with Crippen LogP contribution in [-0.2, 0) is 6.42 Å². The third kappa shape index (κ3) is 2.47. The van der Waals surface area contributed by atoms with Gasteiger partial charge in [-0.25, -0.2) is 8.78 Å². The molecule has 0 aliphatic carbocycles. The van der Waals surface area contributed by atoms with Gasteiger partial charge < -0.3 is 9.73 Å². The van der Waals surface area contributed by atoms with E-state index >= 15 is 0 Å². The summed E-state index contributed by atoms with van der Waals surface area (Å²) in [5.74, 6) is -1.03. The van der Waals surface area contributed by atoms with Crippen LogP contribution in [0.1, 0.15) is 19.4 Å². The van der Waals surface area contributed by atoms with Crippen molar-refractivity contribution < 1.29 is 13.2 Å². The van der Waals surface area contributed by atoms with E-state index in [0.29, 0.717) is 6.42 Å². The second-order valence-electron chi connectivity index (χ2n) is 4.20. The first-order valence-electron chi connectivity index (χ1n) is 5.70. The molecule has 0 fully saturated rings. The Kier molecular flexibility index (Phi) is 3.43. The van der Waals surface area contributed by atoms with Crippen molar-refractivity contribution in [2.24, 2.45) is 0 Å². The van der Waals surface area contributed by atoms with E-state index in [2.05, 4.69) is 5.32 Å². The zero-order valence-corrected chi connectivity index (χ0v) is 9.89. The molecule has 1 heterocycles. The van der Waals surface area contributed by atoms with Gasteiger partial charge in [0.2, 0.25) is 0 Å². The van der Waals surface area contributed by atoms with Crippen LogP contribution in [-0.4, -0.2) is 12.6 Å². The third-order valence-electron chi connectivity index (χ3n) is 2.74. The number of furan rings is 1. The van der Waals surface area contributed by atoms with Crippen molar-refractivity contribution in [3.63, 3.8) is 0 Å². The molecule has 1 aromatic heterocycles. The summed E-state index contributed by atoms with van der Waals surface area (Å²) < 4.78 is 31.8. The molecule has 0 amide bonds. The van der Waals surface area contributed by atoms with Gasteiger partial charge in [-0.15, -0.1) is 0 Å². The number of hydrogen-bond donors (Lipinski definition) is 1. The molecule has 92 valence electrons. The van der Waals surface area contributed by atoms with E-state index in [9.17, 15) is 8.78 Å². The van der Waals surface area contributed by atoms with E-state index in [1.54, 1.807) is 6.07 Å². The normalized spacial score (nSPS) is 13.2. The Labute approximate surface area is 98.6 Å². The van der Waals surface area contributed by atoms with Crippen LogP contribution in [0.15, 0.2) is 22.8 Å². The van der Waals surface area contributed by atoms with Crippen LogP contribution in [0.3, 0.4) is 0 Å². The summed E-state index contributed by atoms with van der Waals surface area (Å²) in [6, 6.07) is 3.27. The lowest BCUT2D eigenvalue weighted by molar-refractivity contribution is 0.534. The van der Waals surface area contributed by atoms with E-state index in [1.807, 2.05) is 13.8 Å². The van der Waals surface area contributed by atoms with Gasteiger partial charge in [0.05, 0.1) is 5.39 Å². The fourth-order valence-electron chi connectivity index (χ4n) is 2.01. The Balaban J connectivity index is 2.32. The summed E-state index contributed by atoms with van der Waals surface area (Å²) in [7, 11) is 0. The van der Waals surface area contributed by atoms with Gasteiger partial charge in [-0.1, -0.05) is 6.92 Å². The van der Waals surface area contributed by atoms with Crippen molar-refractivity contribution in [1.82, 2.24) is 5.32 Å². The van der Waals surface area contributed by atoms with Crippen molar-refractivity contribution >= 4 is 11.0 Å². The van der Waals surface area contributed by atoms with Gasteiger partial charge in [-0.3, -0.25) is 0 Å². The van der Waals surface area contributed by atoms with E-state index in [4.69, 9.17) is 4.42 Å². The van der Waals surface area contributed by atoms with Crippen LogP contribution in [0, 0.1) is 11.6 Å². The number of rotatable bonds is 4. The fraction of sp³-hybridized carbons (Fsp3) is 0.385. The monoisotopic (exact) mass is 239 g/mol. The van der Waals surface area contributed by atoms with Crippen molar-refractivity contribution in [1.29, 1.82) is 0 Å². The molecule has 1 atom stereocenters. The second kappa shape index (κ2) is 4.84. The van der Waals surface area contributed by atoms with Crippen molar-refractivity contribution in [3.8, 4) is 0 Å². The van der Waals surface area contributed by atoms with Gasteiger partial charge in [0.15, 0.2) is 17.2 Å². The first-order valence-corrected chi connectivity index (χ1v) is 5.70. The maximum Gasteiger partial charge on any atom is 0.172 e. The predicted octanol–water partition coefficient (Wildman–Crippen LogP) is 3.25. The molecule has 0 saturated heterocycles. The Morgan fingerprint density at radius 1 is 1.29 bits per heavy atom. The molecule has 0 bridgehead atoms. The van der Waals surface area contributed by atoms with Crippen molar-refractivity contribution in [3.05, 3.63) is 35.6 Å². The molecule has 17 heavy (non-hydrogen) atoms. The maximum atomic E-state index is 13.6. The number of nitrogens with one attached hydrogen (secondary N) is 1. The minimum atomic E-state index is -0.517. The average molecular weight is 239 g/mol. The second-order valence-corrected chi connectivity index (χ2v) is 4.20. The smallest absolute Gasteiger partial charge is 0.172 e. The molecule has 2 rings (SSSR count). The van der Waals surface area contributed by atoms with Crippen LogP contribution in [0.25, 0.3) is 11.0 Å². The number of benzene rings is 1. The van der Waals surface area contributed by atoms with Gasteiger partial charge in [0.25, 0.3) is 0 Å². The Bertz CT molecular complexity index is 521. The first kappa shape index (κ1) is 12.0. The Morgan fingerprint density at radius 3 is 2.76 bits per heavy atom. The summed E-state index contributed by atoms with van der Waals surface area (Å²) in [4.78, 5) is 0. The molecule has 2 aromatic rings. The van der Waals surface area contributed by atoms with Crippen LogP contribution >= 0.6 is 0 Å². The summed E-state index contributed by atoms with van der Waals surface area (Å²) in [5.41, 5.74) is 0.756. The summed E-state index contributed by atoms with van der Waals surface area (Å²) >= 11 is 0. The highest BCUT2D eigenvalue weighted by Crippen LogP contribution is 2.24. The lowest BCUT2D eigenvalue weighted by Crippen LogP contribution is -2.27. The average Bonchev–Trinajstić information content (AvgIpc) is 2.61. The van der Waals surface area contributed by atoms with E-state index in [0.717, 1.165) is 18.4 Å². The zero-order chi connectivity index (χ0) is 12.4. The lowest BCUT2D eigenvalue weighted by Gasteiger charge is -2.12. The molecule has 0 aliphatic heterocycles. The number of fused-ring (bicyclic) bond motifs is 1. The highest BCUT2D eigenvalue weighted by Gasteiger charge is 2.13. The molecule has 0 saturated carbocycles. The summed E-state index contributed by atoms with van der Waals surface area (Å²) in [5, 5.41) is 3.44. The first-order chi connectivity index (χ1) is 8.11. The highest BCUT2D eigenvalue weighted by molar-refractivity contribution is 5.79. The van der Waals surface area contributed by atoms with Gasteiger partial charge in [-0.2, -0.15) is 0 Å². The standard InChI is InChI=1S/C13H15F2NO/c1-3-16-8(2)4-9-5-10-12(15)7-17-13(10)11(14)6-9/h5-8,16H,3-4H2,1-2H3/t8-/m0/s1. The molecule has 0 radical (unpaired) electrons. The Hall–Kier alpha value is -1.42. The molecular weight excluding hydrogens is 224 g/mol.